The highest BCUT2D eigenvalue weighted by molar-refractivity contribution is 5.25. The summed E-state index contributed by atoms with van der Waals surface area (Å²) in [6, 6.07) is 4.54. The zero-order chi connectivity index (χ0) is 7.40. The summed E-state index contributed by atoms with van der Waals surface area (Å²) < 4.78 is 12.3. The Bertz CT molecular complexity index is 283. The largest absolute Gasteiger partial charge is 0.214 e. The molecule has 0 bridgehead atoms. The fourth-order valence-electron chi connectivity index (χ4n) is 0.606. The van der Waals surface area contributed by atoms with Crippen molar-refractivity contribution in [3.63, 3.8) is 0 Å². The molecule has 10 heavy (non-hydrogen) atoms. The van der Waals surface area contributed by atoms with Crippen LogP contribution < -0.4 is 0 Å². The summed E-state index contributed by atoms with van der Waals surface area (Å²) in [7, 11) is 0. The Morgan fingerprint density at radius 2 is 2.30 bits per heavy atom. The fraction of sp³-hybridized carbons (Fsp3) is 0.125. The van der Waals surface area contributed by atoms with Gasteiger partial charge in [0.1, 0.15) is 5.69 Å². The molecule has 0 aliphatic rings. The van der Waals surface area contributed by atoms with E-state index in [9.17, 15) is 4.39 Å². The highest BCUT2D eigenvalue weighted by Gasteiger charge is 1.89. The minimum Gasteiger partial charge on any atom is -0.211 e. The second-order valence-corrected chi connectivity index (χ2v) is 1.72. The van der Waals surface area contributed by atoms with Crippen LogP contribution in [0.3, 0.4) is 0 Å². The van der Waals surface area contributed by atoms with E-state index in [1.54, 1.807) is 19.1 Å². The highest BCUT2D eigenvalue weighted by atomic mass is 19.1. The van der Waals surface area contributed by atoms with Crippen molar-refractivity contribution in [2.45, 2.75) is 6.92 Å². The topological polar surface area (TPSA) is 12.9 Å². The average Bonchev–Trinajstić information content (AvgIpc) is 1.88. The SMILES string of the molecule is CC#Cc1cccc(F)n1. The molecular weight excluding hydrogens is 129 g/mol. The third kappa shape index (κ3) is 1.56. The summed E-state index contributed by atoms with van der Waals surface area (Å²) in [5, 5.41) is 0. The molecule has 0 amide bonds. The van der Waals surface area contributed by atoms with Gasteiger partial charge in [0.05, 0.1) is 0 Å². The second kappa shape index (κ2) is 2.98. The summed E-state index contributed by atoms with van der Waals surface area (Å²) in [4.78, 5) is 3.52. The number of aromatic nitrogens is 1. The predicted molar refractivity (Wildman–Crippen MR) is 36.7 cm³/mol. The fourth-order valence-corrected chi connectivity index (χ4v) is 0.606. The number of nitrogens with zero attached hydrogens (tertiary/aromatic N) is 1. The maximum absolute atomic E-state index is 12.3. The molecule has 0 unspecified atom stereocenters. The van der Waals surface area contributed by atoms with Crippen LogP contribution in [0.1, 0.15) is 12.6 Å². The monoisotopic (exact) mass is 135 g/mol. The molecule has 0 atom stereocenters. The zero-order valence-corrected chi connectivity index (χ0v) is 5.56. The molecule has 0 saturated carbocycles. The normalized spacial score (nSPS) is 8.20. The molecule has 0 aliphatic carbocycles. The molecule has 0 fully saturated rings. The van der Waals surface area contributed by atoms with E-state index in [0.29, 0.717) is 5.69 Å². The number of hydrogen-bond donors (Lipinski definition) is 0. The molecule has 1 aromatic rings. The number of hydrogen-bond acceptors (Lipinski definition) is 1. The molecule has 0 aliphatic heterocycles. The van der Waals surface area contributed by atoms with Crippen LogP contribution in [0.2, 0.25) is 0 Å². The third-order valence-corrected chi connectivity index (χ3v) is 0.968. The molecule has 0 saturated heterocycles. The van der Waals surface area contributed by atoms with Gasteiger partial charge >= 0.3 is 0 Å². The van der Waals surface area contributed by atoms with Crippen LogP contribution >= 0.6 is 0 Å². The van der Waals surface area contributed by atoms with E-state index in [4.69, 9.17) is 0 Å². The van der Waals surface area contributed by atoms with Crippen molar-refractivity contribution in [1.82, 2.24) is 4.98 Å². The first kappa shape index (κ1) is 6.76. The maximum Gasteiger partial charge on any atom is 0.214 e. The first-order valence-electron chi connectivity index (χ1n) is 2.88. The molecule has 1 nitrogen and oxygen atoms in total. The molecule has 0 aromatic carbocycles. The van der Waals surface area contributed by atoms with E-state index in [-0.39, 0.29) is 0 Å². The van der Waals surface area contributed by atoms with Gasteiger partial charge in [-0.05, 0) is 25.0 Å². The predicted octanol–water partition coefficient (Wildman–Crippen LogP) is 1.59. The lowest BCUT2D eigenvalue weighted by atomic mass is 10.3. The van der Waals surface area contributed by atoms with Crippen molar-refractivity contribution in [3.05, 3.63) is 29.8 Å². The van der Waals surface area contributed by atoms with Crippen LogP contribution in [-0.2, 0) is 0 Å². The lowest BCUT2D eigenvalue weighted by Gasteiger charge is -1.86. The van der Waals surface area contributed by atoms with Gasteiger partial charge in [-0.15, -0.1) is 0 Å². The molecule has 1 rings (SSSR count). The molecule has 0 N–H and O–H groups in total. The van der Waals surface area contributed by atoms with Crippen molar-refractivity contribution < 1.29 is 4.39 Å². The van der Waals surface area contributed by atoms with Crippen LogP contribution in [-0.4, -0.2) is 4.98 Å². The van der Waals surface area contributed by atoms with E-state index in [1.165, 1.54) is 6.07 Å². The minimum absolute atomic E-state index is 0.475. The molecule has 1 aromatic heterocycles. The van der Waals surface area contributed by atoms with E-state index in [0.717, 1.165) is 0 Å². The lowest BCUT2D eigenvalue weighted by molar-refractivity contribution is 0.582. The molecule has 0 spiro atoms. The van der Waals surface area contributed by atoms with Gasteiger partial charge < -0.3 is 0 Å². The minimum atomic E-state index is -0.486. The molecule has 1 heterocycles. The van der Waals surface area contributed by atoms with Crippen LogP contribution in [0.15, 0.2) is 18.2 Å². The average molecular weight is 135 g/mol. The van der Waals surface area contributed by atoms with Gasteiger partial charge in [-0.25, -0.2) is 4.98 Å². The summed E-state index contributed by atoms with van der Waals surface area (Å²) in [6.07, 6.45) is 0. The van der Waals surface area contributed by atoms with Crippen molar-refractivity contribution in [2.75, 3.05) is 0 Å². The van der Waals surface area contributed by atoms with Crippen molar-refractivity contribution in [3.8, 4) is 11.8 Å². The number of pyridine rings is 1. The molecular formula is C8H6FN. The number of rotatable bonds is 0. The Hall–Kier alpha value is -1.36. The van der Waals surface area contributed by atoms with Gasteiger partial charge in [0.15, 0.2) is 0 Å². The van der Waals surface area contributed by atoms with Gasteiger partial charge in [0, 0.05) is 0 Å². The quantitative estimate of drug-likeness (QED) is 0.389. The van der Waals surface area contributed by atoms with E-state index >= 15 is 0 Å². The van der Waals surface area contributed by atoms with Gasteiger partial charge in [-0.1, -0.05) is 12.0 Å². The van der Waals surface area contributed by atoms with Gasteiger partial charge in [-0.2, -0.15) is 4.39 Å². The van der Waals surface area contributed by atoms with Crippen LogP contribution in [0.5, 0.6) is 0 Å². The van der Waals surface area contributed by atoms with Crippen LogP contribution in [0.25, 0.3) is 0 Å². The Kier molecular flexibility index (Phi) is 2.01. The Morgan fingerprint density at radius 3 is 2.90 bits per heavy atom. The molecule has 0 radical (unpaired) electrons. The number of halogens is 1. The zero-order valence-electron chi connectivity index (χ0n) is 5.56. The van der Waals surface area contributed by atoms with Crippen molar-refractivity contribution in [2.24, 2.45) is 0 Å². The summed E-state index contributed by atoms with van der Waals surface area (Å²) in [6.45, 7) is 1.69. The summed E-state index contributed by atoms with van der Waals surface area (Å²) >= 11 is 0. The Labute approximate surface area is 58.9 Å². The van der Waals surface area contributed by atoms with Gasteiger partial charge in [-0.3, -0.25) is 0 Å². The van der Waals surface area contributed by atoms with Crippen molar-refractivity contribution in [1.29, 1.82) is 0 Å². The van der Waals surface area contributed by atoms with E-state index in [1.807, 2.05) is 0 Å². The first-order chi connectivity index (χ1) is 4.83. The Morgan fingerprint density at radius 1 is 1.50 bits per heavy atom. The van der Waals surface area contributed by atoms with Gasteiger partial charge in [0.25, 0.3) is 0 Å². The van der Waals surface area contributed by atoms with E-state index in [2.05, 4.69) is 16.8 Å². The van der Waals surface area contributed by atoms with Crippen molar-refractivity contribution >= 4 is 0 Å². The lowest BCUT2D eigenvalue weighted by Crippen LogP contribution is -1.84. The summed E-state index contributed by atoms with van der Waals surface area (Å²) in [5.74, 6) is 4.79. The standard InChI is InChI=1S/C8H6FN/c1-2-4-7-5-3-6-8(9)10-7/h3,5-6H,1H3. The Balaban J connectivity index is 3.03. The molecule has 2 heteroatoms. The first-order valence-corrected chi connectivity index (χ1v) is 2.88. The van der Waals surface area contributed by atoms with Crippen LogP contribution in [0.4, 0.5) is 4.39 Å². The smallest absolute Gasteiger partial charge is 0.211 e. The van der Waals surface area contributed by atoms with E-state index < -0.39 is 5.95 Å². The highest BCUT2D eigenvalue weighted by Crippen LogP contribution is 1.94. The molecule has 50 valence electrons. The summed E-state index contributed by atoms with van der Waals surface area (Å²) in [5.41, 5.74) is 0.475. The second-order valence-electron chi connectivity index (χ2n) is 1.72. The van der Waals surface area contributed by atoms with Gasteiger partial charge in [0.2, 0.25) is 5.95 Å². The maximum atomic E-state index is 12.3. The third-order valence-electron chi connectivity index (χ3n) is 0.968. The van der Waals surface area contributed by atoms with Crippen LogP contribution in [0, 0.1) is 17.8 Å².